The highest BCUT2D eigenvalue weighted by Gasteiger charge is 2.09. The van der Waals surface area contributed by atoms with E-state index >= 15 is 0 Å². The first-order chi connectivity index (χ1) is 10.2. The van der Waals surface area contributed by atoms with Gasteiger partial charge in [0.2, 0.25) is 0 Å². The maximum absolute atomic E-state index is 5.34. The highest BCUT2D eigenvalue weighted by molar-refractivity contribution is 5.39. The Labute approximate surface area is 127 Å². The molecule has 1 atom stereocenters. The van der Waals surface area contributed by atoms with E-state index in [2.05, 4.69) is 49.4 Å². The predicted molar refractivity (Wildman–Crippen MR) is 87.3 cm³/mol. The van der Waals surface area contributed by atoms with E-state index in [4.69, 9.17) is 9.47 Å². The predicted octanol–water partition coefficient (Wildman–Crippen LogP) is 4.83. The van der Waals surface area contributed by atoms with Crippen LogP contribution in [0.3, 0.4) is 0 Å². The highest BCUT2D eigenvalue weighted by Crippen LogP contribution is 2.29. The molecule has 2 rings (SSSR count). The lowest BCUT2D eigenvalue weighted by Gasteiger charge is -2.14. The Morgan fingerprint density at radius 1 is 0.905 bits per heavy atom. The number of ether oxygens (including phenoxy) is 2. The monoisotopic (exact) mass is 284 g/mol. The fourth-order valence-electron chi connectivity index (χ4n) is 2.54. The van der Waals surface area contributed by atoms with Crippen molar-refractivity contribution in [2.75, 3.05) is 14.2 Å². The first-order valence-electron chi connectivity index (χ1n) is 7.50. The molecule has 0 saturated carbocycles. The second kappa shape index (κ2) is 7.72. The third-order valence-electron chi connectivity index (χ3n) is 3.89. The molecule has 2 aromatic rings. The van der Waals surface area contributed by atoms with E-state index in [0.29, 0.717) is 5.92 Å². The Bertz CT molecular complexity index is 526. The molecule has 0 bridgehead atoms. The van der Waals surface area contributed by atoms with E-state index in [9.17, 15) is 0 Å². The fourth-order valence-corrected chi connectivity index (χ4v) is 2.54. The molecule has 0 aliphatic rings. The summed E-state index contributed by atoms with van der Waals surface area (Å²) in [5, 5.41) is 0. The van der Waals surface area contributed by atoms with Crippen LogP contribution in [0, 0.1) is 0 Å². The third-order valence-corrected chi connectivity index (χ3v) is 3.89. The number of methoxy groups -OCH3 is 2. The van der Waals surface area contributed by atoms with Crippen molar-refractivity contribution in [3.8, 4) is 11.5 Å². The van der Waals surface area contributed by atoms with E-state index < -0.39 is 0 Å². The quantitative estimate of drug-likeness (QED) is 0.725. The molecule has 0 aliphatic heterocycles. The van der Waals surface area contributed by atoms with Crippen LogP contribution < -0.4 is 9.47 Å². The Morgan fingerprint density at radius 3 is 2.10 bits per heavy atom. The molecule has 0 aromatic heterocycles. The molecule has 0 spiro atoms. The minimum Gasteiger partial charge on any atom is -0.497 e. The van der Waals surface area contributed by atoms with Gasteiger partial charge in [-0.05, 0) is 48.4 Å². The lowest BCUT2D eigenvalue weighted by molar-refractivity contribution is 0.392. The van der Waals surface area contributed by atoms with Crippen molar-refractivity contribution in [2.24, 2.45) is 0 Å². The van der Waals surface area contributed by atoms with E-state index in [1.165, 1.54) is 17.5 Å². The van der Waals surface area contributed by atoms with Gasteiger partial charge in [-0.1, -0.05) is 37.3 Å². The highest BCUT2D eigenvalue weighted by atomic mass is 16.5. The lowest BCUT2D eigenvalue weighted by atomic mass is 9.94. The summed E-state index contributed by atoms with van der Waals surface area (Å²) in [5.74, 6) is 2.22. The molecule has 2 nitrogen and oxygen atoms in total. The van der Waals surface area contributed by atoms with Gasteiger partial charge in [0.15, 0.2) is 0 Å². The molecule has 0 aliphatic carbocycles. The van der Waals surface area contributed by atoms with E-state index in [0.717, 1.165) is 24.3 Å². The van der Waals surface area contributed by atoms with Crippen LogP contribution in [0.2, 0.25) is 0 Å². The summed E-state index contributed by atoms with van der Waals surface area (Å²) in [6, 6.07) is 16.8. The van der Waals surface area contributed by atoms with Crippen molar-refractivity contribution in [3.05, 3.63) is 59.7 Å². The second-order valence-electron chi connectivity index (χ2n) is 5.42. The zero-order valence-corrected chi connectivity index (χ0v) is 13.1. The van der Waals surface area contributed by atoms with Crippen LogP contribution >= 0.6 is 0 Å². The van der Waals surface area contributed by atoms with Gasteiger partial charge in [-0.15, -0.1) is 0 Å². The van der Waals surface area contributed by atoms with E-state index in [1.54, 1.807) is 14.2 Å². The van der Waals surface area contributed by atoms with Crippen molar-refractivity contribution in [1.29, 1.82) is 0 Å². The summed E-state index contributed by atoms with van der Waals surface area (Å²) in [6.07, 6.45) is 3.47. The zero-order valence-electron chi connectivity index (χ0n) is 13.1. The van der Waals surface area contributed by atoms with Crippen LogP contribution in [0.5, 0.6) is 11.5 Å². The zero-order chi connectivity index (χ0) is 15.1. The summed E-state index contributed by atoms with van der Waals surface area (Å²) in [5.41, 5.74) is 2.69. The Hall–Kier alpha value is -1.96. The molecular weight excluding hydrogens is 260 g/mol. The van der Waals surface area contributed by atoms with Crippen LogP contribution in [0.1, 0.15) is 36.8 Å². The molecule has 21 heavy (non-hydrogen) atoms. The van der Waals surface area contributed by atoms with Gasteiger partial charge in [0.05, 0.1) is 14.2 Å². The number of benzene rings is 2. The van der Waals surface area contributed by atoms with Gasteiger partial charge in [0.1, 0.15) is 11.5 Å². The van der Waals surface area contributed by atoms with Crippen molar-refractivity contribution in [1.82, 2.24) is 0 Å². The van der Waals surface area contributed by atoms with Crippen LogP contribution in [0.25, 0.3) is 0 Å². The molecule has 2 aromatic carbocycles. The van der Waals surface area contributed by atoms with Crippen LogP contribution in [-0.2, 0) is 6.42 Å². The molecule has 0 N–H and O–H groups in total. The van der Waals surface area contributed by atoms with Gasteiger partial charge in [-0.25, -0.2) is 0 Å². The average molecular weight is 284 g/mol. The minimum absolute atomic E-state index is 0.498. The number of aryl methyl sites for hydroxylation is 1. The maximum atomic E-state index is 5.34. The first-order valence-corrected chi connectivity index (χ1v) is 7.50. The Balaban J connectivity index is 1.95. The Morgan fingerprint density at radius 2 is 1.52 bits per heavy atom. The van der Waals surface area contributed by atoms with Crippen LogP contribution in [-0.4, -0.2) is 14.2 Å². The van der Waals surface area contributed by atoms with Crippen molar-refractivity contribution in [3.63, 3.8) is 0 Å². The molecule has 112 valence electrons. The van der Waals surface area contributed by atoms with Gasteiger partial charge in [0, 0.05) is 6.07 Å². The van der Waals surface area contributed by atoms with Gasteiger partial charge in [-0.2, -0.15) is 0 Å². The fraction of sp³-hybridized carbons (Fsp3) is 0.368. The average Bonchev–Trinajstić information content (AvgIpc) is 2.55. The topological polar surface area (TPSA) is 18.5 Å². The summed E-state index contributed by atoms with van der Waals surface area (Å²) in [6.45, 7) is 2.26. The van der Waals surface area contributed by atoms with Crippen LogP contribution in [0.4, 0.5) is 0 Å². The summed E-state index contributed by atoms with van der Waals surface area (Å²) in [4.78, 5) is 0. The lowest BCUT2D eigenvalue weighted by Crippen LogP contribution is -1.97. The normalized spacial score (nSPS) is 12.0. The largest absolute Gasteiger partial charge is 0.497 e. The molecule has 0 fully saturated rings. The molecular formula is C19H24O2. The summed E-state index contributed by atoms with van der Waals surface area (Å²) < 4.78 is 10.7. The number of hydrogen-bond donors (Lipinski definition) is 0. The van der Waals surface area contributed by atoms with Crippen molar-refractivity contribution < 1.29 is 9.47 Å². The summed E-state index contributed by atoms with van der Waals surface area (Å²) in [7, 11) is 3.39. The SMILES string of the molecule is COc1cc(OC)cc([C@@H](C)CCCc2ccccc2)c1. The Kier molecular flexibility index (Phi) is 5.68. The molecule has 2 heteroatoms. The summed E-state index contributed by atoms with van der Waals surface area (Å²) >= 11 is 0. The third kappa shape index (κ3) is 4.52. The van der Waals surface area contributed by atoms with E-state index in [-0.39, 0.29) is 0 Å². The molecule has 0 heterocycles. The molecule has 0 saturated heterocycles. The molecule has 0 unspecified atom stereocenters. The number of hydrogen-bond acceptors (Lipinski definition) is 2. The van der Waals surface area contributed by atoms with Crippen molar-refractivity contribution >= 4 is 0 Å². The van der Waals surface area contributed by atoms with Crippen LogP contribution in [0.15, 0.2) is 48.5 Å². The van der Waals surface area contributed by atoms with Gasteiger partial charge >= 0.3 is 0 Å². The van der Waals surface area contributed by atoms with E-state index in [1.807, 2.05) is 6.07 Å². The standard InChI is InChI=1S/C19H24O2/c1-15(8-7-11-16-9-5-4-6-10-16)17-12-18(20-2)14-19(13-17)21-3/h4-6,9-10,12-15H,7-8,11H2,1-3H3/t15-/m0/s1. The smallest absolute Gasteiger partial charge is 0.122 e. The van der Waals surface area contributed by atoms with Gasteiger partial charge in [0.25, 0.3) is 0 Å². The molecule has 0 amide bonds. The van der Waals surface area contributed by atoms with Gasteiger partial charge in [-0.3, -0.25) is 0 Å². The first kappa shape index (κ1) is 15.4. The molecule has 0 radical (unpaired) electrons. The maximum Gasteiger partial charge on any atom is 0.122 e. The minimum atomic E-state index is 0.498. The van der Waals surface area contributed by atoms with Crippen molar-refractivity contribution in [2.45, 2.75) is 32.1 Å². The number of rotatable bonds is 7. The second-order valence-corrected chi connectivity index (χ2v) is 5.42. The van der Waals surface area contributed by atoms with Gasteiger partial charge < -0.3 is 9.47 Å².